The lowest BCUT2D eigenvalue weighted by Gasteiger charge is -2.30. The second kappa shape index (κ2) is 14.3. The van der Waals surface area contributed by atoms with Gasteiger partial charge in [-0.2, -0.15) is 0 Å². The average Bonchev–Trinajstić information content (AvgIpc) is 2.93. The van der Waals surface area contributed by atoms with E-state index in [0.29, 0.717) is 12.1 Å². The van der Waals surface area contributed by atoms with Gasteiger partial charge in [0, 0.05) is 12.2 Å². The first kappa shape index (κ1) is 28.1. The first-order chi connectivity index (χ1) is 18.4. The smallest absolute Gasteiger partial charge is 0.266 e. The molecule has 0 bridgehead atoms. The maximum absolute atomic E-state index is 13.6. The van der Waals surface area contributed by atoms with E-state index < -0.39 is 30.3 Å². The van der Waals surface area contributed by atoms with Gasteiger partial charge in [0.2, 0.25) is 11.8 Å². The maximum atomic E-state index is 13.6. The zero-order valence-corrected chi connectivity index (χ0v) is 21.0. The van der Waals surface area contributed by atoms with Crippen molar-refractivity contribution in [2.24, 2.45) is 22.2 Å². The Kier molecular flexibility index (Phi) is 10.6. The number of benzene rings is 3. The van der Waals surface area contributed by atoms with E-state index in [0.717, 1.165) is 21.4 Å². The first-order valence-electron chi connectivity index (χ1n) is 12.2. The average molecular weight is 520 g/mol. The van der Waals surface area contributed by atoms with Gasteiger partial charge in [0.1, 0.15) is 12.6 Å². The van der Waals surface area contributed by atoms with Crippen molar-refractivity contribution in [2.75, 3.05) is 25.0 Å². The van der Waals surface area contributed by atoms with Crippen LogP contribution >= 0.6 is 0 Å². The van der Waals surface area contributed by atoms with Gasteiger partial charge >= 0.3 is 0 Å². The fourth-order valence-corrected chi connectivity index (χ4v) is 3.72. The highest BCUT2D eigenvalue weighted by molar-refractivity contribution is 5.99. The van der Waals surface area contributed by atoms with E-state index in [1.807, 2.05) is 66.7 Å². The zero-order chi connectivity index (χ0) is 27.3. The number of nitrogens with zero attached hydrogens (tertiary/aromatic N) is 2. The Morgan fingerprint density at radius 2 is 1.66 bits per heavy atom. The van der Waals surface area contributed by atoms with Crippen LogP contribution in [0.2, 0.25) is 0 Å². The van der Waals surface area contributed by atoms with Gasteiger partial charge in [-0.15, -0.1) is 0 Å². The highest BCUT2D eigenvalue weighted by Crippen LogP contribution is 2.20. The number of hydrogen-bond donors (Lipinski definition) is 5. The largest absolute Gasteiger partial charge is 0.370 e. The highest BCUT2D eigenvalue weighted by atomic mass is 16.7. The molecule has 0 aliphatic rings. The Balaban J connectivity index is 1.85. The fraction of sp³-hybridized carbons (Fsp3) is 0.259. The number of nitrogens with two attached hydrogens (primary N) is 3. The number of nitrogens with one attached hydrogen (secondary N) is 2. The second-order valence-electron chi connectivity index (χ2n) is 8.48. The molecule has 0 unspecified atom stereocenters. The van der Waals surface area contributed by atoms with E-state index >= 15 is 0 Å². The molecule has 0 aliphatic heterocycles. The molecule has 0 radical (unpaired) electrons. The molecule has 0 saturated carbocycles. The molecule has 11 heteroatoms. The molecule has 0 heterocycles. The van der Waals surface area contributed by atoms with Crippen molar-refractivity contribution in [3.63, 3.8) is 0 Å². The summed E-state index contributed by atoms with van der Waals surface area (Å²) in [6, 6.07) is 21.5. The third-order valence-corrected chi connectivity index (χ3v) is 5.61. The topological polar surface area (TPSA) is 178 Å². The molecule has 11 nitrogen and oxygen atoms in total. The number of hydrogen-bond acceptors (Lipinski definition) is 6. The summed E-state index contributed by atoms with van der Waals surface area (Å²) in [5.74, 6) is -1.65. The minimum atomic E-state index is -1.04. The number of hydroxylamine groups is 2. The molecular formula is C27H33N7O4. The molecular weight excluding hydrogens is 486 g/mol. The molecule has 38 heavy (non-hydrogen) atoms. The van der Waals surface area contributed by atoms with E-state index in [2.05, 4.69) is 15.6 Å². The van der Waals surface area contributed by atoms with Gasteiger partial charge in [-0.3, -0.25) is 24.2 Å². The molecule has 3 amide bonds. The summed E-state index contributed by atoms with van der Waals surface area (Å²) in [4.78, 5) is 48.3. The maximum Gasteiger partial charge on any atom is 0.266 e. The van der Waals surface area contributed by atoms with Crippen LogP contribution in [0.25, 0.3) is 10.8 Å². The minimum absolute atomic E-state index is 0.0328. The third kappa shape index (κ3) is 8.57. The number of anilines is 1. The van der Waals surface area contributed by atoms with Crippen LogP contribution in [0.5, 0.6) is 0 Å². The van der Waals surface area contributed by atoms with E-state index in [9.17, 15) is 14.4 Å². The Bertz CT molecular complexity index is 1260. The van der Waals surface area contributed by atoms with Gasteiger partial charge in [-0.25, -0.2) is 5.06 Å². The number of rotatable bonds is 13. The molecule has 0 aliphatic carbocycles. The molecule has 0 saturated heterocycles. The zero-order valence-electron chi connectivity index (χ0n) is 21.0. The van der Waals surface area contributed by atoms with Crippen LogP contribution in [0.1, 0.15) is 18.4 Å². The van der Waals surface area contributed by atoms with Gasteiger partial charge in [-0.1, -0.05) is 60.7 Å². The monoisotopic (exact) mass is 519 g/mol. The predicted molar refractivity (Wildman–Crippen MR) is 146 cm³/mol. The van der Waals surface area contributed by atoms with Crippen LogP contribution < -0.4 is 27.8 Å². The molecule has 3 aromatic rings. The van der Waals surface area contributed by atoms with E-state index in [4.69, 9.17) is 22.0 Å². The molecule has 0 fully saturated rings. The Hall–Kier alpha value is -4.48. The van der Waals surface area contributed by atoms with Gasteiger partial charge in [-0.05, 0) is 41.3 Å². The van der Waals surface area contributed by atoms with Gasteiger partial charge < -0.3 is 27.8 Å². The Morgan fingerprint density at radius 1 is 0.947 bits per heavy atom. The van der Waals surface area contributed by atoms with Crippen molar-refractivity contribution in [3.05, 3.63) is 78.4 Å². The number of aliphatic imine (C=N–C) groups is 1. The summed E-state index contributed by atoms with van der Waals surface area (Å²) < 4.78 is 0. The van der Waals surface area contributed by atoms with Crippen LogP contribution in [-0.4, -0.2) is 54.4 Å². The minimum Gasteiger partial charge on any atom is -0.370 e. The summed E-state index contributed by atoms with van der Waals surface area (Å²) in [6.07, 6.45) is 0.586. The van der Waals surface area contributed by atoms with Crippen LogP contribution in [-0.2, 0) is 25.8 Å². The molecule has 200 valence electrons. The number of fused-ring (bicyclic) bond motifs is 1. The number of carbonyl (C=O) groups excluding carboxylic acids is 3. The number of amides is 3. The van der Waals surface area contributed by atoms with Crippen LogP contribution in [0.15, 0.2) is 77.8 Å². The SMILES string of the molecule is NCC(=O)NCC(=O)N(OCc1ccccc1)[C@@H](CCCN=C(N)N)C(=O)Nc1ccc2ccccc2c1. The quantitative estimate of drug-likeness (QED) is 0.0975. The van der Waals surface area contributed by atoms with Crippen molar-refractivity contribution < 1.29 is 19.2 Å². The summed E-state index contributed by atoms with van der Waals surface area (Å²) >= 11 is 0. The molecule has 1 atom stereocenters. The van der Waals surface area contributed by atoms with E-state index in [1.54, 1.807) is 6.07 Å². The standard InChI is InChI=1S/C27H33N7O4/c28-16-24(35)32-17-25(36)34(38-18-19-7-2-1-3-8-19)23(11-6-14-31-27(29)30)26(37)33-22-13-12-20-9-4-5-10-21(20)15-22/h1-5,7-10,12-13,15,23H,6,11,14,16-18,28H2,(H,32,35)(H,33,37)(H4,29,30,31)/t23-/m0/s1. The number of guanidine groups is 1. The Labute approximate surface area is 221 Å². The van der Waals surface area contributed by atoms with E-state index in [1.165, 1.54) is 0 Å². The lowest BCUT2D eigenvalue weighted by molar-refractivity contribution is -0.206. The van der Waals surface area contributed by atoms with Crippen molar-refractivity contribution >= 4 is 40.1 Å². The summed E-state index contributed by atoms with van der Waals surface area (Å²) in [5.41, 5.74) is 17.6. The molecule has 8 N–H and O–H groups in total. The lowest BCUT2D eigenvalue weighted by Crippen LogP contribution is -2.51. The summed E-state index contributed by atoms with van der Waals surface area (Å²) in [6.45, 7) is -0.376. The van der Waals surface area contributed by atoms with Crippen molar-refractivity contribution in [3.8, 4) is 0 Å². The normalized spacial score (nSPS) is 11.4. The third-order valence-electron chi connectivity index (χ3n) is 5.61. The van der Waals surface area contributed by atoms with E-state index in [-0.39, 0.29) is 32.1 Å². The van der Waals surface area contributed by atoms with Gasteiger partial charge in [0.25, 0.3) is 5.91 Å². The first-order valence-corrected chi connectivity index (χ1v) is 12.2. The molecule has 3 rings (SSSR count). The van der Waals surface area contributed by atoms with Crippen LogP contribution in [0.3, 0.4) is 0 Å². The number of carbonyl (C=O) groups is 3. The summed E-state index contributed by atoms with van der Waals surface area (Å²) in [7, 11) is 0. The van der Waals surface area contributed by atoms with Crippen LogP contribution in [0, 0.1) is 0 Å². The van der Waals surface area contributed by atoms with Crippen molar-refractivity contribution in [2.45, 2.75) is 25.5 Å². The van der Waals surface area contributed by atoms with Crippen LogP contribution in [0.4, 0.5) is 5.69 Å². The summed E-state index contributed by atoms with van der Waals surface area (Å²) in [5, 5.41) is 8.31. The Morgan fingerprint density at radius 3 is 2.37 bits per heavy atom. The molecule has 0 aromatic heterocycles. The van der Waals surface area contributed by atoms with Crippen molar-refractivity contribution in [1.29, 1.82) is 0 Å². The predicted octanol–water partition coefficient (Wildman–Crippen LogP) is 1.24. The van der Waals surface area contributed by atoms with Crippen molar-refractivity contribution in [1.82, 2.24) is 10.4 Å². The highest BCUT2D eigenvalue weighted by Gasteiger charge is 2.31. The van der Waals surface area contributed by atoms with Gasteiger partial charge in [0.15, 0.2) is 5.96 Å². The lowest BCUT2D eigenvalue weighted by atomic mass is 10.1. The van der Waals surface area contributed by atoms with Gasteiger partial charge in [0.05, 0.1) is 13.1 Å². The fourth-order valence-electron chi connectivity index (χ4n) is 3.72. The molecule has 0 spiro atoms. The molecule has 3 aromatic carbocycles. The second-order valence-corrected chi connectivity index (χ2v) is 8.48.